The van der Waals surface area contributed by atoms with E-state index >= 15 is 0 Å². The predicted molar refractivity (Wildman–Crippen MR) is 46.2 cm³/mol. The molecule has 0 radical (unpaired) electrons. The average molecular weight is 160 g/mol. The Labute approximate surface area is 72.8 Å². The molecule has 0 aliphatic carbocycles. The van der Waals surface area contributed by atoms with Gasteiger partial charge in [0.05, 0.1) is 0 Å². The summed E-state index contributed by atoms with van der Waals surface area (Å²) in [5, 5.41) is 8.33. The molecule has 3 heteroatoms. The lowest BCUT2D eigenvalue weighted by Crippen LogP contribution is -1.97. The van der Waals surface area contributed by atoms with E-state index in [9.17, 15) is 4.79 Å². The molecule has 0 aromatic heterocycles. The molecule has 1 N–H and O–H groups in total. The fraction of sp³-hybridized carbons (Fsp3) is 0.857. The molecule has 10 heavy (non-hydrogen) atoms. The van der Waals surface area contributed by atoms with Gasteiger partial charge in [0.2, 0.25) is 0 Å². The van der Waals surface area contributed by atoms with Crippen LogP contribution in [-0.2, 0) is 4.79 Å². The molecule has 0 unspecified atom stereocenters. The van der Waals surface area contributed by atoms with Gasteiger partial charge in [0.1, 0.15) is 5.78 Å². The number of hydrogen-bond acceptors (Lipinski definition) is 2. The average Bonchev–Trinajstić information content (AvgIpc) is 1.85. The van der Waals surface area contributed by atoms with E-state index in [0.29, 0.717) is 19.3 Å². The molecule has 60 valence electrons. The highest BCUT2D eigenvalue weighted by molar-refractivity contribution is 5.78. The van der Waals surface area contributed by atoms with Crippen LogP contribution in [0.2, 0.25) is 0 Å². The molecule has 0 amide bonds. The number of carbonyl (C=O) groups is 1. The second kappa shape index (κ2) is 9.16. The van der Waals surface area contributed by atoms with Crippen molar-refractivity contribution in [2.75, 3.05) is 6.61 Å². The Morgan fingerprint density at radius 1 is 1.40 bits per heavy atom. The van der Waals surface area contributed by atoms with Crippen molar-refractivity contribution in [1.82, 2.24) is 0 Å². The number of carbonyl (C=O) groups excluding carboxylic acids is 1. The minimum absolute atomic E-state index is 0. The van der Waals surface area contributed by atoms with Crippen LogP contribution < -0.4 is 0 Å². The molecule has 0 aromatic rings. The fourth-order valence-electron chi connectivity index (χ4n) is 0.680. The molecule has 0 saturated heterocycles. The summed E-state index contributed by atoms with van der Waals surface area (Å²) in [6, 6.07) is 0. The number of aliphatic hydroxyl groups is 1. The van der Waals surface area contributed by atoms with Gasteiger partial charge in [-0.15, -0.1) is 0 Å². The SMILES string of the molecule is CCCC(=O)CCCO.[AlH3]. The first-order valence-electron chi connectivity index (χ1n) is 3.43. The predicted octanol–water partition coefficient (Wildman–Crippen LogP) is -0.0558. The highest BCUT2D eigenvalue weighted by Gasteiger charge is 1.97. The number of rotatable bonds is 5. The lowest BCUT2D eigenvalue weighted by molar-refractivity contribution is -0.119. The smallest absolute Gasteiger partial charge is 0.187 e. The summed E-state index contributed by atoms with van der Waals surface area (Å²) in [5.74, 6) is 0.270. The van der Waals surface area contributed by atoms with Crippen LogP contribution in [0.1, 0.15) is 32.6 Å². The fourth-order valence-corrected chi connectivity index (χ4v) is 0.680. The van der Waals surface area contributed by atoms with Crippen molar-refractivity contribution >= 4 is 23.1 Å². The maximum Gasteiger partial charge on any atom is 0.187 e. The van der Waals surface area contributed by atoms with E-state index < -0.39 is 0 Å². The quantitative estimate of drug-likeness (QED) is 0.572. The second-order valence-corrected chi connectivity index (χ2v) is 2.12. The Balaban J connectivity index is 0. The number of Topliss-reactive ketones (excluding diaryl/α,β-unsaturated/α-hetero) is 1. The maximum atomic E-state index is 10.7. The molecule has 0 heterocycles. The third-order valence-corrected chi connectivity index (χ3v) is 1.14. The van der Waals surface area contributed by atoms with Crippen LogP contribution >= 0.6 is 0 Å². The van der Waals surface area contributed by atoms with Crippen LogP contribution in [0.15, 0.2) is 0 Å². The first kappa shape index (κ1) is 12.8. The highest BCUT2D eigenvalue weighted by atomic mass is 27.0. The van der Waals surface area contributed by atoms with E-state index in [1.807, 2.05) is 6.92 Å². The van der Waals surface area contributed by atoms with Gasteiger partial charge in [-0.25, -0.2) is 0 Å². The largest absolute Gasteiger partial charge is 0.396 e. The number of aliphatic hydroxyl groups excluding tert-OH is 1. The van der Waals surface area contributed by atoms with E-state index in [0.717, 1.165) is 6.42 Å². The topological polar surface area (TPSA) is 37.3 Å². The molecular formula is C7H17AlO2. The molecule has 0 spiro atoms. The van der Waals surface area contributed by atoms with Crippen molar-refractivity contribution in [2.45, 2.75) is 32.6 Å². The zero-order valence-electron chi connectivity index (χ0n) is 5.89. The van der Waals surface area contributed by atoms with Gasteiger partial charge in [-0.05, 0) is 12.8 Å². The van der Waals surface area contributed by atoms with Crippen LogP contribution in [-0.4, -0.2) is 34.9 Å². The van der Waals surface area contributed by atoms with Gasteiger partial charge >= 0.3 is 0 Å². The Morgan fingerprint density at radius 3 is 2.40 bits per heavy atom. The van der Waals surface area contributed by atoms with E-state index in [4.69, 9.17) is 5.11 Å². The molecule has 0 fully saturated rings. The Kier molecular flexibility index (Phi) is 11.7. The summed E-state index contributed by atoms with van der Waals surface area (Å²) in [6.07, 6.45) is 2.76. The molecule has 0 aliphatic rings. The molecule has 0 bridgehead atoms. The van der Waals surface area contributed by atoms with Gasteiger partial charge in [0, 0.05) is 19.4 Å². The summed E-state index contributed by atoms with van der Waals surface area (Å²) in [6.45, 7) is 2.12. The van der Waals surface area contributed by atoms with Crippen molar-refractivity contribution in [3.8, 4) is 0 Å². The van der Waals surface area contributed by atoms with E-state index in [2.05, 4.69) is 0 Å². The lowest BCUT2D eigenvalue weighted by Gasteiger charge is -1.93. The first-order valence-corrected chi connectivity index (χ1v) is 3.43. The summed E-state index contributed by atoms with van der Waals surface area (Å²) in [5.41, 5.74) is 0. The van der Waals surface area contributed by atoms with E-state index in [-0.39, 0.29) is 29.8 Å². The molecule has 0 atom stereocenters. The van der Waals surface area contributed by atoms with Crippen LogP contribution in [0.25, 0.3) is 0 Å². The van der Waals surface area contributed by atoms with Crippen LogP contribution in [0.5, 0.6) is 0 Å². The molecule has 0 aromatic carbocycles. The van der Waals surface area contributed by atoms with E-state index in [1.165, 1.54) is 0 Å². The summed E-state index contributed by atoms with van der Waals surface area (Å²) in [4.78, 5) is 10.7. The summed E-state index contributed by atoms with van der Waals surface area (Å²) >= 11 is 0. The molecule has 2 nitrogen and oxygen atoms in total. The monoisotopic (exact) mass is 160 g/mol. The molecule has 0 rings (SSSR count). The minimum atomic E-state index is 0. The third kappa shape index (κ3) is 8.16. The van der Waals surface area contributed by atoms with Gasteiger partial charge in [-0.3, -0.25) is 4.79 Å². The number of ketones is 1. The van der Waals surface area contributed by atoms with Crippen molar-refractivity contribution < 1.29 is 9.90 Å². The first-order chi connectivity index (χ1) is 4.31. The summed E-state index contributed by atoms with van der Waals surface area (Å²) in [7, 11) is 0. The van der Waals surface area contributed by atoms with Gasteiger partial charge in [0.25, 0.3) is 0 Å². The van der Waals surface area contributed by atoms with E-state index in [1.54, 1.807) is 0 Å². The standard InChI is InChI=1S/C7H14O2.Al.3H/c1-2-4-7(9)5-3-6-8;;;;/h8H,2-6H2,1H3;;;;. The molecule has 0 saturated carbocycles. The second-order valence-electron chi connectivity index (χ2n) is 2.12. The van der Waals surface area contributed by atoms with Crippen molar-refractivity contribution in [2.24, 2.45) is 0 Å². The van der Waals surface area contributed by atoms with Crippen molar-refractivity contribution in [3.05, 3.63) is 0 Å². The van der Waals surface area contributed by atoms with Crippen molar-refractivity contribution in [3.63, 3.8) is 0 Å². The summed E-state index contributed by atoms with van der Waals surface area (Å²) < 4.78 is 0. The van der Waals surface area contributed by atoms with Gasteiger partial charge in [-0.1, -0.05) is 6.92 Å². The van der Waals surface area contributed by atoms with Crippen LogP contribution in [0.4, 0.5) is 0 Å². The van der Waals surface area contributed by atoms with Gasteiger partial charge in [-0.2, -0.15) is 0 Å². The van der Waals surface area contributed by atoms with Gasteiger partial charge < -0.3 is 5.11 Å². The minimum Gasteiger partial charge on any atom is -0.396 e. The zero-order chi connectivity index (χ0) is 7.11. The van der Waals surface area contributed by atoms with Crippen LogP contribution in [0.3, 0.4) is 0 Å². The highest BCUT2D eigenvalue weighted by Crippen LogP contribution is 1.96. The van der Waals surface area contributed by atoms with Crippen molar-refractivity contribution in [1.29, 1.82) is 0 Å². The normalized spacial score (nSPS) is 8.60. The Bertz CT molecular complexity index is 83.7. The molecule has 0 aliphatic heterocycles. The third-order valence-electron chi connectivity index (χ3n) is 1.14. The maximum absolute atomic E-state index is 10.7. The van der Waals surface area contributed by atoms with Gasteiger partial charge in [0.15, 0.2) is 17.4 Å². The molecular weight excluding hydrogens is 143 g/mol. The number of hydrogen-bond donors (Lipinski definition) is 1. The zero-order valence-corrected chi connectivity index (χ0v) is 5.89. The Morgan fingerprint density at radius 2 is 2.00 bits per heavy atom. The lowest BCUT2D eigenvalue weighted by atomic mass is 10.1. The van der Waals surface area contributed by atoms with Crippen LogP contribution in [0, 0.1) is 0 Å². The Hall–Kier alpha value is 0.162.